The molecule has 10 nitrogen and oxygen atoms in total. The van der Waals surface area contributed by atoms with Crippen molar-refractivity contribution < 1.29 is 9.53 Å². The molecule has 0 aromatic carbocycles. The minimum absolute atomic E-state index is 0.0750. The predicted octanol–water partition coefficient (Wildman–Crippen LogP) is -0.147. The Morgan fingerprint density at radius 3 is 2.69 bits per heavy atom. The Kier molecular flexibility index (Phi) is 5.42. The minimum Gasteiger partial charge on any atom is -0.384 e. The van der Waals surface area contributed by atoms with Crippen LogP contribution >= 0.6 is 0 Å². The number of aromatic nitrogens is 4. The van der Waals surface area contributed by atoms with Gasteiger partial charge in [0.05, 0.1) is 19.8 Å². The number of nitrogen functional groups attached to an aromatic ring is 1. The van der Waals surface area contributed by atoms with E-state index in [1.165, 1.54) is 4.90 Å². The summed E-state index contributed by atoms with van der Waals surface area (Å²) in [6, 6.07) is 3.49. The molecule has 10 heteroatoms. The van der Waals surface area contributed by atoms with Crippen molar-refractivity contribution in [3.8, 4) is 11.4 Å². The molecular formula is C16H22N8O2. The maximum Gasteiger partial charge on any atom is 0.241 e. The van der Waals surface area contributed by atoms with Gasteiger partial charge in [-0.3, -0.25) is 4.79 Å². The van der Waals surface area contributed by atoms with Gasteiger partial charge in [0.25, 0.3) is 0 Å². The summed E-state index contributed by atoms with van der Waals surface area (Å²) >= 11 is 0. The lowest BCUT2D eigenvalue weighted by atomic mass is 10.2. The monoisotopic (exact) mass is 358 g/mol. The van der Waals surface area contributed by atoms with Crippen LogP contribution in [0.5, 0.6) is 0 Å². The molecule has 0 radical (unpaired) electrons. The van der Waals surface area contributed by atoms with Gasteiger partial charge in [-0.2, -0.15) is 15.0 Å². The third-order valence-electron chi connectivity index (χ3n) is 3.86. The smallest absolute Gasteiger partial charge is 0.241 e. The second kappa shape index (κ2) is 7.91. The van der Waals surface area contributed by atoms with Gasteiger partial charge in [-0.1, -0.05) is 0 Å². The molecule has 0 spiro atoms. The zero-order chi connectivity index (χ0) is 18.5. The van der Waals surface area contributed by atoms with Crippen LogP contribution in [0.1, 0.15) is 0 Å². The Hall–Kier alpha value is -3.01. The van der Waals surface area contributed by atoms with E-state index >= 15 is 0 Å². The normalized spacial score (nSPS) is 14.2. The Labute approximate surface area is 151 Å². The van der Waals surface area contributed by atoms with E-state index in [0.29, 0.717) is 49.8 Å². The molecule has 0 bridgehead atoms. The van der Waals surface area contributed by atoms with Crippen molar-refractivity contribution in [1.29, 1.82) is 0 Å². The summed E-state index contributed by atoms with van der Waals surface area (Å²) in [6.45, 7) is 2.72. The van der Waals surface area contributed by atoms with Crippen LogP contribution < -0.4 is 16.0 Å². The highest BCUT2D eigenvalue weighted by atomic mass is 16.5. The number of morpholine rings is 1. The molecule has 3 rings (SSSR count). The molecular weight excluding hydrogens is 336 g/mol. The number of hydrogen-bond donors (Lipinski definition) is 2. The maximum absolute atomic E-state index is 11.8. The number of anilines is 3. The van der Waals surface area contributed by atoms with Crippen LogP contribution in [0.4, 0.5) is 17.7 Å². The van der Waals surface area contributed by atoms with Crippen LogP contribution in [0.15, 0.2) is 18.3 Å². The number of hydrogen-bond acceptors (Lipinski definition) is 9. The van der Waals surface area contributed by atoms with E-state index in [9.17, 15) is 4.79 Å². The van der Waals surface area contributed by atoms with Crippen LogP contribution in [0.25, 0.3) is 11.4 Å². The number of pyridine rings is 1. The first kappa shape index (κ1) is 17.8. The van der Waals surface area contributed by atoms with Gasteiger partial charge in [0.1, 0.15) is 5.82 Å². The summed E-state index contributed by atoms with van der Waals surface area (Å²) in [4.78, 5) is 32.9. The first-order valence-electron chi connectivity index (χ1n) is 8.27. The molecule has 1 saturated heterocycles. The van der Waals surface area contributed by atoms with Crippen molar-refractivity contribution >= 4 is 23.6 Å². The van der Waals surface area contributed by atoms with Crippen LogP contribution in [0.3, 0.4) is 0 Å². The van der Waals surface area contributed by atoms with E-state index < -0.39 is 0 Å². The fourth-order valence-electron chi connectivity index (χ4n) is 2.33. The van der Waals surface area contributed by atoms with Crippen LogP contribution in [-0.4, -0.2) is 77.7 Å². The highest BCUT2D eigenvalue weighted by Crippen LogP contribution is 2.20. The van der Waals surface area contributed by atoms with Crippen molar-refractivity contribution in [2.24, 2.45) is 0 Å². The topological polar surface area (TPSA) is 122 Å². The molecule has 2 aromatic rings. The minimum atomic E-state index is -0.0750. The van der Waals surface area contributed by atoms with E-state index in [1.54, 1.807) is 32.4 Å². The van der Waals surface area contributed by atoms with Crippen LogP contribution in [0, 0.1) is 0 Å². The summed E-state index contributed by atoms with van der Waals surface area (Å²) in [7, 11) is 3.39. The zero-order valence-electron chi connectivity index (χ0n) is 14.8. The number of ether oxygens (including phenoxy) is 1. The Balaban J connectivity index is 1.90. The number of rotatable bonds is 5. The third-order valence-corrected chi connectivity index (χ3v) is 3.86. The number of nitrogens with zero attached hydrogens (tertiary/aromatic N) is 6. The Morgan fingerprint density at radius 1 is 1.27 bits per heavy atom. The molecule has 0 aliphatic carbocycles. The second-order valence-corrected chi connectivity index (χ2v) is 6.00. The van der Waals surface area contributed by atoms with Crippen molar-refractivity contribution in [2.75, 3.05) is 62.9 Å². The number of amides is 1. The molecule has 0 atom stereocenters. The molecule has 0 unspecified atom stereocenters. The van der Waals surface area contributed by atoms with Gasteiger partial charge in [0.15, 0.2) is 5.82 Å². The van der Waals surface area contributed by atoms with Gasteiger partial charge in [-0.05, 0) is 12.1 Å². The fraction of sp³-hybridized carbons (Fsp3) is 0.438. The average Bonchev–Trinajstić information content (AvgIpc) is 2.67. The number of nitrogens with one attached hydrogen (secondary N) is 1. The van der Waals surface area contributed by atoms with Gasteiger partial charge in [-0.25, -0.2) is 4.98 Å². The van der Waals surface area contributed by atoms with Crippen LogP contribution in [0.2, 0.25) is 0 Å². The van der Waals surface area contributed by atoms with Gasteiger partial charge >= 0.3 is 0 Å². The largest absolute Gasteiger partial charge is 0.384 e. The highest BCUT2D eigenvalue weighted by Gasteiger charge is 2.18. The molecule has 26 heavy (non-hydrogen) atoms. The lowest BCUT2D eigenvalue weighted by molar-refractivity contribution is -0.126. The van der Waals surface area contributed by atoms with E-state index in [1.807, 2.05) is 4.90 Å². The number of likely N-dealkylation sites (N-methyl/N-ethyl adjacent to an activating group) is 1. The van der Waals surface area contributed by atoms with Crippen molar-refractivity contribution in [3.05, 3.63) is 18.3 Å². The molecule has 1 fully saturated rings. The summed E-state index contributed by atoms with van der Waals surface area (Å²) in [5.74, 6) is 1.69. The maximum atomic E-state index is 11.8. The standard InChI is InChI=1S/C16H22N8O2/c1-23(2)13(25)10-19-15-20-14(11-3-4-12(17)18-9-11)21-16(22-15)24-5-7-26-8-6-24/h3-4,9H,5-8,10H2,1-2H3,(H2,17,18)(H,19,20,21,22). The van der Waals surface area contributed by atoms with Crippen LogP contribution in [-0.2, 0) is 9.53 Å². The molecule has 0 saturated carbocycles. The van der Waals surface area contributed by atoms with E-state index in [-0.39, 0.29) is 12.5 Å². The Bertz CT molecular complexity index is 759. The van der Waals surface area contributed by atoms with Gasteiger partial charge < -0.3 is 25.6 Å². The number of nitrogens with two attached hydrogens (primary N) is 1. The van der Waals surface area contributed by atoms with Gasteiger partial charge in [0.2, 0.25) is 17.8 Å². The molecule has 1 aliphatic rings. The van der Waals surface area contributed by atoms with Crippen molar-refractivity contribution in [3.63, 3.8) is 0 Å². The van der Waals surface area contributed by atoms with E-state index in [2.05, 4.69) is 25.3 Å². The zero-order valence-corrected chi connectivity index (χ0v) is 14.8. The fourth-order valence-corrected chi connectivity index (χ4v) is 2.33. The molecule has 138 valence electrons. The Morgan fingerprint density at radius 2 is 2.04 bits per heavy atom. The summed E-state index contributed by atoms with van der Waals surface area (Å²) in [6.07, 6.45) is 1.61. The lowest BCUT2D eigenvalue weighted by Gasteiger charge is -2.27. The van der Waals surface area contributed by atoms with E-state index in [4.69, 9.17) is 10.5 Å². The lowest BCUT2D eigenvalue weighted by Crippen LogP contribution is -2.37. The second-order valence-electron chi connectivity index (χ2n) is 6.00. The SMILES string of the molecule is CN(C)C(=O)CNc1nc(-c2ccc(N)nc2)nc(N2CCOCC2)n1. The van der Waals surface area contributed by atoms with Crippen molar-refractivity contribution in [1.82, 2.24) is 24.8 Å². The summed E-state index contributed by atoms with van der Waals surface area (Å²) < 4.78 is 5.38. The average molecular weight is 358 g/mol. The molecule has 3 N–H and O–H groups in total. The molecule has 1 aliphatic heterocycles. The molecule has 3 heterocycles. The third kappa shape index (κ3) is 4.33. The van der Waals surface area contributed by atoms with Gasteiger partial charge in [-0.15, -0.1) is 0 Å². The predicted molar refractivity (Wildman–Crippen MR) is 97.7 cm³/mol. The first-order valence-corrected chi connectivity index (χ1v) is 8.27. The summed E-state index contributed by atoms with van der Waals surface area (Å²) in [5.41, 5.74) is 6.37. The molecule has 1 amide bonds. The number of carbonyl (C=O) groups excluding carboxylic acids is 1. The molecule has 2 aromatic heterocycles. The summed E-state index contributed by atoms with van der Waals surface area (Å²) in [5, 5.41) is 2.97. The number of carbonyl (C=O) groups is 1. The van der Waals surface area contributed by atoms with Crippen molar-refractivity contribution in [2.45, 2.75) is 0 Å². The quantitative estimate of drug-likeness (QED) is 0.751. The van der Waals surface area contributed by atoms with Gasteiger partial charge in [0, 0.05) is 38.9 Å². The van der Waals surface area contributed by atoms with E-state index in [0.717, 1.165) is 5.56 Å². The highest BCUT2D eigenvalue weighted by molar-refractivity contribution is 5.79. The first-order chi connectivity index (χ1) is 12.5.